The van der Waals surface area contributed by atoms with Crippen molar-refractivity contribution in [3.8, 4) is 17.1 Å². The highest BCUT2D eigenvalue weighted by Crippen LogP contribution is 2.26. The number of piperidine rings is 1. The van der Waals surface area contributed by atoms with Gasteiger partial charge in [-0.2, -0.15) is 4.98 Å². The summed E-state index contributed by atoms with van der Waals surface area (Å²) >= 11 is 0. The van der Waals surface area contributed by atoms with Gasteiger partial charge in [-0.25, -0.2) is 0 Å². The van der Waals surface area contributed by atoms with Crippen LogP contribution >= 0.6 is 0 Å². The Balaban J connectivity index is 1.41. The van der Waals surface area contributed by atoms with Crippen LogP contribution in [0.25, 0.3) is 11.4 Å². The third kappa shape index (κ3) is 4.93. The van der Waals surface area contributed by atoms with E-state index in [4.69, 9.17) is 9.26 Å². The highest BCUT2D eigenvalue weighted by molar-refractivity contribution is 5.79. The first kappa shape index (κ1) is 21.9. The molecule has 1 aliphatic heterocycles. The number of ether oxygens (including phenoxy) is 1. The fourth-order valence-corrected chi connectivity index (χ4v) is 4.11. The van der Waals surface area contributed by atoms with Crippen molar-refractivity contribution in [2.75, 3.05) is 31.6 Å². The molecule has 1 saturated heterocycles. The molecule has 1 aromatic heterocycles. The van der Waals surface area contributed by atoms with Gasteiger partial charge in [-0.15, -0.1) is 0 Å². The molecule has 32 heavy (non-hydrogen) atoms. The number of anilines is 1. The van der Waals surface area contributed by atoms with Gasteiger partial charge >= 0.3 is 0 Å². The Morgan fingerprint density at radius 3 is 2.62 bits per heavy atom. The lowest BCUT2D eigenvalue weighted by Crippen LogP contribution is -2.44. The van der Waals surface area contributed by atoms with Crippen molar-refractivity contribution >= 4 is 11.6 Å². The molecule has 1 fully saturated rings. The van der Waals surface area contributed by atoms with Crippen LogP contribution in [0.5, 0.6) is 5.75 Å². The molecule has 2 heterocycles. The maximum absolute atomic E-state index is 13.3. The fourth-order valence-electron chi connectivity index (χ4n) is 4.11. The highest BCUT2D eigenvalue weighted by atomic mass is 16.5. The van der Waals surface area contributed by atoms with E-state index in [1.807, 2.05) is 36.1 Å². The lowest BCUT2D eigenvalue weighted by molar-refractivity contribution is -0.136. The Hall–Kier alpha value is -3.35. The predicted octanol–water partition coefficient (Wildman–Crippen LogP) is 4.32. The van der Waals surface area contributed by atoms with Crippen LogP contribution in [-0.2, 0) is 11.3 Å². The van der Waals surface area contributed by atoms with Crippen LogP contribution in [0.2, 0.25) is 0 Å². The Labute approximate surface area is 189 Å². The zero-order valence-corrected chi connectivity index (χ0v) is 19.0. The van der Waals surface area contributed by atoms with Crippen LogP contribution < -0.4 is 9.64 Å². The minimum atomic E-state index is -0.0333. The number of nitrogens with zero attached hydrogens (tertiary/aromatic N) is 4. The Bertz CT molecular complexity index is 1030. The van der Waals surface area contributed by atoms with Crippen molar-refractivity contribution in [1.82, 2.24) is 15.0 Å². The molecule has 0 radical (unpaired) electrons. The van der Waals surface area contributed by atoms with Gasteiger partial charge in [0.1, 0.15) is 5.75 Å². The second-order valence-electron chi connectivity index (χ2n) is 8.21. The molecule has 0 bridgehead atoms. The van der Waals surface area contributed by atoms with Crippen LogP contribution in [0.1, 0.15) is 31.2 Å². The predicted molar refractivity (Wildman–Crippen MR) is 123 cm³/mol. The lowest BCUT2D eigenvalue weighted by Gasteiger charge is -2.35. The number of aryl methyl sites for hydroxylation is 1. The van der Waals surface area contributed by atoms with E-state index in [0.29, 0.717) is 24.8 Å². The van der Waals surface area contributed by atoms with Crippen molar-refractivity contribution in [3.63, 3.8) is 0 Å². The van der Waals surface area contributed by atoms with E-state index in [0.717, 1.165) is 37.2 Å². The van der Waals surface area contributed by atoms with E-state index in [1.165, 1.54) is 11.3 Å². The first-order chi connectivity index (χ1) is 15.6. The number of hydrogen-bond acceptors (Lipinski definition) is 6. The minimum Gasteiger partial charge on any atom is -0.497 e. The van der Waals surface area contributed by atoms with E-state index in [1.54, 1.807) is 7.11 Å². The number of carbonyl (C=O) groups excluding carboxylic acids is 1. The third-order valence-electron chi connectivity index (χ3n) is 6.01. The smallest absolute Gasteiger partial charge is 0.246 e. The summed E-state index contributed by atoms with van der Waals surface area (Å²) in [6, 6.07) is 16.0. The molecule has 0 unspecified atom stereocenters. The SMILES string of the molecule is CCN(Cc1nc(-c2ccc(OC)cc2)no1)C(=O)[C@@H]1CCCN(c2ccc(C)cc2)C1. The second kappa shape index (κ2) is 9.85. The maximum atomic E-state index is 13.3. The molecule has 7 heteroatoms. The number of aromatic nitrogens is 2. The molecule has 168 valence electrons. The maximum Gasteiger partial charge on any atom is 0.246 e. The molecular formula is C25H30N4O3. The molecule has 4 rings (SSSR count). The molecule has 7 nitrogen and oxygen atoms in total. The topological polar surface area (TPSA) is 71.7 Å². The largest absolute Gasteiger partial charge is 0.497 e. The Morgan fingerprint density at radius 2 is 1.94 bits per heavy atom. The first-order valence-corrected chi connectivity index (χ1v) is 11.1. The summed E-state index contributed by atoms with van der Waals surface area (Å²) in [5.41, 5.74) is 3.26. The van der Waals surface area contributed by atoms with Gasteiger partial charge in [0.05, 0.1) is 19.6 Å². The van der Waals surface area contributed by atoms with Crippen molar-refractivity contribution in [3.05, 3.63) is 60.0 Å². The van der Waals surface area contributed by atoms with Gasteiger partial charge in [0.15, 0.2) is 0 Å². The van der Waals surface area contributed by atoms with E-state index >= 15 is 0 Å². The van der Waals surface area contributed by atoms with E-state index in [-0.39, 0.29) is 11.8 Å². The molecular weight excluding hydrogens is 404 g/mol. The highest BCUT2D eigenvalue weighted by Gasteiger charge is 2.30. The van der Waals surface area contributed by atoms with Crippen LogP contribution in [0, 0.1) is 12.8 Å². The lowest BCUT2D eigenvalue weighted by atomic mass is 9.95. The number of hydrogen-bond donors (Lipinski definition) is 0. The van der Waals surface area contributed by atoms with Gasteiger partial charge in [0, 0.05) is 30.9 Å². The molecule has 1 atom stereocenters. The average Bonchev–Trinajstić information content (AvgIpc) is 3.31. The van der Waals surface area contributed by atoms with Crippen LogP contribution in [-0.4, -0.2) is 47.7 Å². The van der Waals surface area contributed by atoms with Gasteiger partial charge in [-0.1, -0.05) is 22.9 Å². The fraction of sp³-hybridized carbons (Fsp3) is 0.400. The summed E-state index contributed by atoms with van der Waals surface area (Å²) < 4.78 is 10.6. The molecule has 0 spiro atoms. The number of carbonyl (C=O) groups is 1. The standard InChI is InChI=1S/C25H30N4O3/c1-4-28(17-23-26-24(27-32-23)19-9-13-22(31-3)14-10-19)25(30)20-6-5-15-29(16-20)21-11-7-18(2)8-12-21/h7-14,20H,4-6,15-17H2,1-3H3/t20-/m1/s1. The number of rotatable bonds is 7. The summed E-state index contributed by atoms with van der Waals surface area (Å²) in [6.07, 6.45) is 1.91. The van der Waals surface area contributed by atoms with E-state index < -0.39 is 0 Å². The van der Waals surface area contributed by atoms with Crippen molar-refractivity contribution in [2.45, 2.75) is 33.2 Å². The summed E-state index contributed by atoms with van der Waals surface area (Å²) in [7, 11) is 1.63. The molecule has 3 aromatic rings. The molecule has 0 saturated carbocycles. The van der Waals surface area contributed by atoms with Gasteiger partial charge in [-0.05, 0) is 63.1 Å². The molecule has 1 aliphatic rings. The molecule has 1 amide bonds. The van der Waals surface area contributed by atoms with Crippen LogP contribution in [0.3, 0.4) is 0 Å². The molecule has 0 N–H and O–H groups in total. The third-order valence-corrected chi connectivity index (χ3v) is 6.01. The monoisotopic (exact) mass is 434 g/mol. The average molecular weight is 435 g/mol. The quantitative estimate of drug-likeness (QED) is 0.552. The van der Waals surface area contributed by atoms with E-state index in [2.05, 4.69) is 46.2 Å². The van der Waals surface area contributed by atoms with Crippen molar-refractivity contribution < 1.29 is 14.1 Å². The van der Waals surface area contributed by atoms with Gasteiger partial charge in [0.2, 0.25) is 17.6 Å². The van der Waals surface area contributed by atoms with Gasteiger partial charge in [0.25, 0.3) is 0 Å². The first-order valence-electron chi connectivity index (χ1n) is 11.1. The van der Waals surface area contributed by atoms with Crippen molar-refractivity contribution in [1.29, 1.82) is 0 Å². The van der Waals surface area contributed by atoms with E-state index in [9.17, 15) is 4.79 Å². The summed E-state index contributed by atoms with van der Waals surface area (Å²) in [4.78, 5) is 21.9. The van der Waals surface area contributed by atoms with Crippen LogP contribution in [0.4, 0.5) is 5.69 Å². The Kier molecular flexibility index (Phi) is 6.73. The number of amides is 1. The zero-order valence-electron chi connectivity index (χ0n) is 19.0. The normalized spacial score (nSPS) is 16.1. The Morgan fingerprint density at radius 1 is 1.19 bits per heavy atom. The summed E-state index contributed by atoms with van der Waals surface area (Å²) in [5, 5.41) is 4.09. The zero-order chi connectivity index (χ0) is 22.5. The van der Waals surface area contributed by atoms with Crippen LogP contribution in [0.15, 0.2) is 53.1 Å². The van der Waals surface area contributed by atoms with Gasteiger partial charge < -0.3 is 19.1 Å². The number of methoxy groups -OCH3 is 1. The second-order valence-corrected chi connectivity index (χ2v) is 8.21. The van der Waals surface area contributed by atoms with Gasteiger partial charge in [-0.3, -0.25) is 4.79 Å². The minimum absolute atomic E-state index is 0.0333. The summed E-state index contributed by atoms with van der Waals surface area (Å²) in [6.45, 7) is 6.70. The molecule has 0 aliphatic carbocycles. The summed E-state index contributed by atoms with van der Waals surface area (Å²) in [5.74, 6) is 1.83. The van der Waals surface area contributed by atoms with Crippen molar-refractivity contribution in [2.24, 2.45) is 5.92 Å². The molecule has 2 aromatic carbocycles. The number of benzene rings is 2.